The molecule has 0 amide bonds. The molecule has 3 heteroatoms. The number of hydrogen-bond donors (Lipinski definition) is 0. The lowest BCUT2D eigenvalue weighted by Crippen LogP contribution is -2.36. The summed E-state index contributed by atoms with van der Waals surface area (Å²) in [6.45, 7) is 3.61. The Bertz CT molecular complexity index is 638. The van der Waals surface area contributed by atoms with Crippen LogP contribution < -0.4 is 9.80 Å². The van der Waals surface area contributed by atoms with Gasteiger partial charge in [0.25, 0.3) is 0 Å². The van der Waals surface area contributed by atoms with E-state index in [0.717, 1.165) is 26.3 Å². The fourth-order valence-electron chi connectivity index (χ4n) is 2.69. The van der Waals surface area contributed by atoms with Crippen molar-refractivity contribution in [2.75, 3.05) is 50.2 Å². The van der Waals surface area contributed by atoms with E-state index >= 15 is 0 Å². The quantitative estimate of drug-likeness (QED) is 0.800. The van der Waals surface area contributed by atoms with Crippen LogP contribution >= 0.6 is 0 Å². The predicted octanol–water partition coefficient (Wildman–Crippen LogP) is 3.76. The Hall–Kier alpha value is -2.26. The van der Waals surface area contributed by atoms with Crippen molar-refractivity contribution in [1.82, 2.24) is 0 Å². The number of benzene rings is 2. The third kappa shape index (κ3) is 4.14. The molecule has 1 heterocycles. The lowest BCUT2D eigenvalue weighted by molar-refractivity contribution is 0.122. The molecule has 0 bridgehead atoms. The van der Waals surface area contributed by atoms with Gasteiger partial charge < -0.3 is 14.5 Å². The van der Waals surface area contributed by atoms with Crippen LogP contribution in [0.4, 0.5) is 11.4 Å². The fourth-order valence-corrected chi connectivity index (χ4v) is 2.69. The number of rotatable bonds is 4. The molecule has 23 heavy (non-hydrogen) atoms. The van der Waals surface area contributed by atoms with Crippen LogP contribution in [0.3, 0.4) is 0 Å². The SMILES string of the molecule is CN(C)c1ccc(C=Cc2ccc(N3CCOCC3)cc2)cc1. The molecule has 2 aromatic carbocycles. The summed E-state index contributed by atoms with van der Waals surface area (Å²) in [4.78, 5) is 4.48. The first kappa shape index (κ1) is 15.6. The van der Waals surface area contributed by atoms with E-state index < -0.39 is 0 Å². The molecule has 0 atom stereocenters. The normalized spacial score (nSPS) is 15.1. The van der Waals surface area contributed by atoms with Crippen molar-refractivity contribution in [3.63, 3.8) is 0 Å². The average molecular weight is 308 g/mol. The van der Waals surface area contributed by atoms with Gasteiger partial charge in [0, 0.05) is 38.6 Å². The minimum atomic E-state index is 0.824. The molecule has 2 aromatic rings. The Morgan fingerprint density at radius 2 is 1.35 bits per heavy atom. The predicted molar refractivity (Wildman–Crippen MR) is 99.2 cm³/mol. The summed E-state index contributed by atoms with van der Waals surface area (Å²) in [5, 5.41) is 0. The third-order valence-corrected chi connectivity index (χ3v) is 4.15. The third-order valence-electron chi connectivity index (χ3n) is 4.15. The molecular weight excluding hydrogens is 284 g/mol. The van der Waals surface area contributed by atoms with Crippen LogP contribution in [-0.4, -0.2) is 40.4 Å². The lowest BCUT2D eigenvalue weighted by Gasteiger charge is -2.28. The number of hydrogen-bond acceptors (Lipinski definition) is 3. The summed E-state index contributed by atoms with van der Waals surface area (Å²) in [5.41, 5.74) is 4.93. The summed E-state index contributed by atoms with van der Waals surface area (Å²) < 4.78 is 5.40. The number of ether oxygens (including phenoxy) is 1. The number of nitrogens with zero attached hydrogens (tertiary/aromatic N) is 2. The molecule has 0 unspecified atom stereocenters. The van der Waals surface area contributed by atoms with Crippen molar-refractivity contribution in [3.8, 4) is 0 Å². The Morgan fingerprint density at radius 3 is 1.87 bits per heavy atom. The minimum absolute atomic E-state index is 0.824. The van der Waals surface area contributed by atoms with Gasteiger partial charge in [-0.1, -0.05) is 36.4 Å². The summed E-state index contributed by atoms with van der Waals surface area (Å²) in [5.74, 6) is 0. The van der Waals surface area contributed by atoms with Gasteiger partial charge in [-0.2, -0.15) is 0 Å². The van der Waals surface area contributed by atoms with Crippen LogP contribution in [0.5, 0.6) is 0 Å². The zero-order valence-electron chi connectivity index (χ0n) is 13.9. The van der Waals surface area contributed by atoms with Crippen LogP contribution in [0.1, 0.15) is 11.1 Å². The standard InChI is InChI=1S/C20H24N2O/c1-21(2)19-9-5-17(6-10-19)3-4-18-7-11-20(12-8-18)22-13-15-23-16-14-22/h3-12H,13-16H2,1-2H3. The zero-order valence-corrected chi connectivity index (χ0v) is 13.9. The highest BCUT2D eigenvalue weighted by Crippen LogP contribution is 2.19. The van der Waals surface area contributed by atoms with E-state index in [1.165, 1.54) is 22.5 Å². The first-order valence-electron chi connectivity index (χ1n) is 8.10. The van der Waals surface area contributed by atoms with Crippen LogP contribution in [0.15, 0.2) is 48.5 Å². The summed E-state index contributed by atoms with van der Waals surface area (Å²) in [6, 6.07) is 17.3. The van der Waals surface area contributed by atoms with Crippen molar-refractivity contribution < 1.29 is 4.74 Å². The topological polar surface area (TPSA) is 15.7 Å². The van der Waals surface area contributed by atoms with Gasteiger partial charge in [0.05, 0.1) is 13.2 Å². The van der Waals surface area contributed by atoms with Crippen LogP contribution in [0, 0.1) is 0 Å². The molecule has 1 aliphatic rings. The van der Waals surface area contributed by atoms with Gasteiger partial charge in [0.15, 0.2) is 0 Å². The van der Waals surface area contributed by atoms with Crippen molar-refractivity contribution in [3.05, 3.63) is 59.7 Å². The largest absolute Gasteiger partial charge is 0.378 e. The van der Waals surface area contributed by atoms with E-state index in [4.69, 9.17) is 4.74 Å². The molecule has 3 rings (SSSR count). The van der Waals surface area contributed by atoms with Gasteiger partial charge in [-0.05, 0) is 35.4 Å². The number of anilines is 2. The van der Waals surface area contributed by atoms with Gasteiger partial charge in [0.1, 0.15) is 0 Å². The summed E-state index contributed by atoms with van der Waals surface area (Å²) in [7, 11) is 4.11. The van der Waals surface area contributed by atoms with Crippen molar-refractivity contribution in [2.24, 2.45) is 0 Å². The molecule has 0 N–H and O–H groups in total. The van der Waals surface area contributed by atoms with E-state index in [-0.39, 0.29) is 0 Å². The van der Waals surface area contributed by atoms with E-state index in [1.807, 2.05) is 0 Å². The summed E-state index contributed by atoms with van der Waals surface area (Å²) >= 11 is 0. The minimum Gasteiger partial charge on any atom is -0.378 e. The Morgan fingerprint density at radius 1 is 0.826 bits per heavy atom. The Balaban J connectivity index is 1.65. The molecular formula is C20H24N2O. The maximum atomic E-state index is 5.40. The molecule has 0 spiro atoms. The fraction of sp³-hybridized carbons (Fsp3) is 0.300. The lowest BCUT2D eigenvalue weighted by atomic mass is 10.1. The highest BCUT2D eigenvalue weighted by atomic mass is 16.5. The second-order valence-corrected chi connectivity index (χ2v) is 6.01. The first-order chi connectivity index (χ1) is 11.2. The molecule has 0 aliphatic carbocycles. The average Bonchev–Trinajstić information content (AvgIpc) is 2.61. The van der Waals surface area contributed by atoms with Gasteiger partial charge in [-0.15, -0.1) is 0 Å². The molecule has 0 aromatic heterocycles. The first-order valence-corrected chi connectivity index (χ1v) is 8.10. The second-order valence-electron chi connectivity index (χ2n) is 6.01. The molecule has 3 nitrogen and oxygen atoms in total. The van der Waals surface area contributed by atoms with E-state index in [2.05, 4.69) is 84.6 Å². The maximum Gasteiger partial charge on any atom is 0.0642 e. The molecule has 1 aliphatic heterocycles. The highest BCUT2D eigenvalue weighted by molar-refractivity contribution is 5.71. The summed E-state index contributed by atoms with van der Waals surface area (Å²) in [6.07, 6.45) is 4.32. The van der Waals surface area contributed by atoms with Gasteiger partial charge in [-0.25, -0.2) is 0 Å². The zero-order chi connectivity index (χ0) is 16.1. The van der Waals surface area contributed by atoms with Crippen molar-refractivity contribution >= 4 is 23.5 Å². The van der Waals surface area contributed by atoms with Gasteiger partial charge in [-0.3, -0.25) is 0 Å². The van der Waals surface area contributed by atoms with Crippen LogP contribution in [-0.2, 0) is 4.74 Å². The Labute approximate surface area is 138 Å². The monoisotopic (exact) mass is 308 g/mol. The molecule has 1 fully saturated rings. The van der Waals surface area contributed by atoms with E-state index in [9.17, 15) is 0 Å². The number of morpholine rings is 1. The van der Waals surface area contributed by atoms with Gasteiger partial charge >= 0.3 is 0 Å². The van der Waals surface area contributed by atoms with E-state index in [0.29, 0.717) is 0 Å². The molecule has 0 radical (unpaired) electrons. The van der Waals surface area contributed by atoms with Gasteiger partial charge in [0.2, 0.25) is 0 Å². The van der Waals surface area contributed by atoms with Crippen molar-refractivity contribution in [2.45, 2.75) is 0 Å². The Kier molecular flexibility index (Phi) is 4.99. The van der Waals surface area contributed by atoms with Crippen LogP contribution in [0.2, 0.25) is 0 Å². The second kappa shape index (κ2) is 7.34. The van der Waals surface area contributed by atoms with Crippen LogP contribution in [0.25, 0.3) is 12.2 Å². The molecule has 0 saturated carbocycles. The van der Waals surface area contributed by atoms with Crippen molar-refractivity contribution in [1.29, 1.82) is 0 Å². The maximum absolute atomic E-state index is 5.40. The molecule has 120 valence electrons. The smallest absolute Gasteiger partial charge is 0.0642 e. The molecule has 1 saturated heterocycles. The van der Waals surface area contributed by atoms with E-state index in [1.54, 1.807) is 0 Å². The highest BCUT2D eigenvalue weighted by Gasteiger charge is 2.10.